The van der Waals surface area contributed by atoms with Gasteiger partial charge in [-0.2, -0.15) is 5.10 Å². The fraction of sp³-hybridized carbons (Fsp3) is 0.529. The zero-order valence-corrected chi connectivity index (χ0v) is 13.6. The second-order valence-electron chi connectivity index (χ2n) is 6.87. The van der Waals surface area contributed by atoms with Gasteiger partial charge in [-0.3, -0.25) is 4.98 Å². The third-order valence-electron chi connectivity index (χ3n) is 5.21. The first-order valence-corrected chi connectivity index (χ1v) is 8.46. The number of β-amino-alcohol motifs (C(OH)–C–C–N with tert-alkyl or cyclic N) is 1. The first-order chi connectivity index (χ1) is 11.7. The van der Waals surface area contributed by atoms with Crippen molar-refractivity contribution in [3.63, 3.8) is 0 Å². The van der Waals surface area contributed by atoms with Crippen LogP contribution in [-0.4, -0.2) is 57.6 Å². The molecule has 0 saturated carbocycles. The summed E-state index contributed by atoms with van der Waals surface area (Å²) in [5, 5.41) is 18.6. The van der Waals surface area contributed by atoms with E-state index in [0.29, 0.717) is 6.54 Å². The Hall–Kier alpha value is -2.28. The van der Waals surface area contributed by atoms with Gasteiger partial charge in [-0.05, 0) is 36.8 Å². The molecular formula is C17H22N6O. The van der Waals surface area contributed by atoms with Gasteiger partial charge in [-0.25, -0.2) is 4.98 Å². The molecule has 2 aromatic rings. The van der Waals surface area contributed by atoms with Crippen LogP contribution in [0.3, 0.4) is 0 Å². The zero-order chi connectivity index (χ0) is 16.4. The van der Waals surface area contributed by atoms with Gasteiger partial charge in [-0.15, -0.1) is 5.10 Å². The molecule has 24 heavy (non-hydrogen) atoms. The number of aromatic nitrogens is 4. The lowest BCUT2D eigenvalue weighted by molar-refractivity contribution is 0.0594. The fourth-order valence-electron chi connectivity index (χ4n) is 4.02. The summed E-state index contributed by atoms with van der Waals surface area (Å²) in [6.07, 6.45) is 9.49. The second-order valence-corrected chi connectivity index (χ2v) is 6.87. The van der Waals surface area contributed by atoms with E-state index in [9.17, 15) is 5.11 Å². The normalized spacial score (nSPS) is 23.5. The molecule has 7 nitrogen and oxygen atoms in total. The summed E-state index contributed by atoms with van der Waals surface area (Å²) in [7, 11) is 0. The lowest BCUT2D eigenvalue weighted by Crippen LogP contribution is -2.54. The summed E-state index contributed by atoms with van der Waals surface area (Å²) >= 11 is 0. The van der Waals surface area contributed by atoms with E-state index in [2.05, 4.69) is 30.0 Å². The van der Waals surface area contributed by atoms with E-state index in [0.717, 1.165) is 50.5 Å². The van der Waals surface area contributed by atoms with Crippen LogP contribution in [0.2, 0.25) is 0 Å². The maximum Gasteiger partial charge on any atom is 0.151 e. The summed E-state index contributed by atoms with van der Waals surface area (Å²) in [6.45, 7) is 3.45. The zero-order valence-electron chi connectivity index (χ0n) is 13.6. The SMILES string of the molecule is OC1CN(c2cnccn2)CC2(CCN(c3cccnn3)CC2)C1. The van der Waals surface area contributed by atoms with E-state index in [1.165, 1.54) is 0 Å². The van der Waals surface area contributed by atoms with Crippen LogP contribution in [0.25, 0.3) is 0 Å². The Balaban J connectivity index is 1.47. The van der Waals surface area contributed by atoms with Gasteiger partial charge in [0.1, 0.15) is 5.82 Å². The quantitative estimate of drug-likeness (QED) is 0.886. The highest BCUT2D eigenvalue weighted by atomic mass is 16.3. The van der Waals surface area contributed by atoms with Crippen molar-refractivity contribution in [3.8, 4) is 0 Å². The minimum absolute atomic E-state index is 0.133. The smallest absolute Gasteiger partial charge is 0.151 e. The van der Waals surface area contributed by atoms with Crippen LogP contribution >= 0.6 is 0 Å². The summed E-state index contributed by atoms with van der Waals surface area (Å²) in [5.41, 5.74) is 0.133. The van der Waals surface area contributed by atoms with E-state index in [4.69, 9.17) is 0 Å². The number of nitrogens with zero attached hydrogens (tertiary/aromatic N) is 6. The highest BCUT2D eigenvalue weighted by molar-refractivity contribution is 5.39. The Labute approximate surface area is 141 Å². The second kappa shape index (κ2) is 6.32. The van der Waals surface area contributed by atoms with E-state index < -0.39 is 0 Å². The van der Waals surface area contributed by atoms with Gasteiger partial charge in [-0.1, -0.05) is 0 Å². The van der Waals surface area contributed by atoms with Gasteiger partial charge < -0.3 is 14.9 Å². The monoisotopic (exact) mass is 326 g/mol. The van der Waals surface area contributed by atoms with E-state index >= 15 is 0 Å². The molecule has 0 aromatic carbocycles. The molecule has 2 aromatic heterocycles. The van der Waals surface area contributed by atoms with Crippen molar-refractivity contribution in [1.29, 1.82) is 0 Å². The third kappa shape index (κ3) is 3.03. The van der Waals surface area contributed by atoms with Gasteiger partial charge >= 0.3 is 0 Å². The Kier molecular flexibility index (Phi) is 4.02. The third-order valence-corrected chi connectivity index (χ3v) is 5.21. The Morgan fingerprint density at radius 2 is 1.96 bits per heavy atom. The number of aliphatic hydroxyl groups is 1. The van der Waals surface area contributed by atoms with Gasteiger partial charge in [0, 0.05) is 44.8 Å². The highest BCUT2D eigenvalue weighted by Crippen LogP contribution is 2.41. The molecule has 0 bridgehead atoms. The molecule has 1 unspecified atom stereocenters. The average molecular weight is 326 g/mol. The standard InChI is InChI=1S/C17H22N6O/c24-14-10-17(13-23(12-14)16-11-18-6-7-19-16)3-8-22(9-4-17)15-2-1-5-20-21-15/h1-2,5-7,11,14,24H,3-4,8-10,12-13H2. The lowest BCUT2D eigenvalue weighted by atomic mass is 9.71. The first kappa shape index (κ1) is 15.3. The number of anilines is 2. The number of rotatable bonds is 2. The summed E-state index contributed by atoms with van der Waals surface area (Å²) in [5.74, 6) is 1.79. The molecule has 1 atom stereocenters. The average Bonchev–Trinajstić information content (AvgIpc) is 2.63. The molecule has 4 rings (SSSR count). The number of hydrogen-bond acceptors (Lipinski definition) is 7. The maximum absolute atomic E-state index is 10.4. The highest BCUT2D eigenvalue weighted by Gasteiger charge is 2.42. The minimum atomic E-state index is -0.316. The van der Waals surface area contributed by atoms with Crippen LogP contribution in [0.1, 0.15) is 19.3 Å². The van der Waals surface area contributed by atoms with Crippen molar-refractivity contribution >= 4 is 11.6 Å². The van der Waals surface area contributed by atoms with Crippen molar-refractivity contribution in [2.75, 3.05) is 36.0 Å². The van der Waals surface area contributed by atoms with Crippen LogP contribution < -0.4 is 9.80 Å². The molecule has 0 aliphatic carbocycles. The number of aliphatic hydroxyl groups excluding tert-OH is 1. The van der Waals surface area contributed by atoms with E-state index in [1.54, 1.807) is 24.8 Å². The predicted octanol–water partition coefficient (Wildman–Crippen LogP) is 1.12. The Morgan fingerprint density at radius 3 is 2.67 bits per heavy atom. The molecule has 4 heterocycles. The molecule has 0 radical (unpaired) electrons. The minimum Gasteiger partial charge on any atom is -0.391 e. The topological polar surface area (TPSA) is 78.3 Å². The van der Waals surface area contributed by atoms with E-state index in [-0.39, 0.29) is 11.5 Å². The molecule has 126 valence electrons. The van der Waals surface area contributed by atoms with Crippen molar-refractivity contribution in [2.24, 2.45) is 5.41 Å². The Bertz CT molecular complexity index is 659. The van der Waals surface area contributed by atoms with Crippen LogP contribution in [-0.2, 0) is 0 Å². The van der Waals surface area contributed by atoms with E-state index in [1.807, 2.05) is 12.1 Å². The first-order valence-electron chi connectivity index (χ1n) is 8.46. The van der Waals surface area contributed by atoms with Gasteiger partial charge in [0.2, 0.25) is 0 Å². The largest absolute Gasteiger partial charge is 0.391 e. The summed E-state index contributed by atoms with van der Waals surface area (Å²) in [6, 6.07) is 3.93. The molecule has 2 fully saturated rings. The summed E-state index contributed by atoms with van der Waals surface area (Å²) < 4.78 is 0. The fourth-order valence-corrected chi connectivity index (χ4v) is 4.02. The van der Waals surface area contributed by atoms with Crippen molar-refractivity contribution in [1.82, 2.24) is 20.2 Å². The van der Waals surface area contributed by atoms with Crippen LogP contribution in [0.4, 0.5) is 11.6 Å². The molecule has 0 amide bonds. The molecule has 1 spiro atoms. The van der Waals surface area contributed by atoms with Gasteiger partial charge in [0.25, 0.3) is 0 Å². The van der Waals surface area contributed by atoms with Gasteiger partial charge in [0.15, 0.2) is 5.82 Å². The molecule has 2 aliphatic rings. The molecular weight excluding hydrogens is 304 g/mol. The van der Waals surface area contributed by atoms with Crippen LogP contribution in [0, 0.1) is 5.41 Å². The molecule has 2 aliphatic heterocycles. The van der Waals surface area contributed by atoms with Gasteiger partial charge in [0.05, 0.1) is 12.3 Å². The maximum atomic E-state index is 10.4. The van der Waals surface area contributed by atoms with Crippen molar-refractivity contribution < 1.29 is 5.11 Å². The van der Waals surface area contributed by atoms with Crippen molar-refractivity contribution in [2.45, 2.75) is 25.4 Å². The lowest BCUT2D eigenvalue weighted by Gasteiger charge is -2.49. The Morgan fingerprint density at radius 1 is 1.08 bits per heavy atom. The number of hydrogen-bond donors (Lipinski definition) is 1. The van der Waals surface area contributed by atoms with Crippen LogP contribution in [0.15, 0.2) is 36.9 Å². The number of piperidine rings is 2. The molecule has 7 heteroatoms. The van der Waals surface area contributed by atoms with Crippen molar-refractivity contribution in [3.05, 3.63) is 36.9 Å². The summed E-state index contributed by atoms with van der Waals surface area (Å²) in [4.78, 5) is 13.0. The molecule has 2 saturated heterocycles. The van der Waals surface area contributed by atoms with Crippen LogP contribution in [0.5, 0.6) is 0 Å². The molecule has 1 N–H and O–H groups in total. The predicted molar refractivity (Wildman–Crippen MR) is 90.8 cm³/mol.